The lowest BCUT2D eigenvalue weighted by Gasteiger charge is -2.09. The summed E-state index contributed by atoms with van der Waals surface area (Å²) in [6.45, 7) is -0.0136. The van der Waals surface area contributed by atoms with Crippen LogP contribution in [0.5, 0.6) is 5.75 Å². The molecule has 0 spiro atoms. The number of nitrogens with one attached hydrogen (secondary N) is 1. The third kappa shape index (κ3) is 4.23. The first-order valence-electron chi connectivity index (χ1n) is 6.39. The van der Waals surface area contributed by atoms with Crippen LogP contribution in [-0.2, 0) is 21.4 Å². The van der Waals surface area contributed by atoms with Crippen LogP contribution in [0.3, 0.4) is 0 Å². The van der Waals surface area contributed by atoms with Crippen molar-refractivity contribution in [2.45, 2.75) is 11.5 Å². The van der Waals surface area contributed by atoms with Gasteiger partial charge in [0.05, 0.1) is 12.0 Å². The summed E-state index contributed by atoms with van der Waals surface area (Å²) >= 11 is 0. The quantitative estimate of drug-likeness (QED) is 0.914. The fourth-order valence-corrected chi connectivity index (χ4v) is 2.61. The van der Waals surface area contributed by atoms with Gasteiger partial charge in [0.2, 0.25) is 0 Å². The van der Waals surface area contributed by atoms with E-state index in [1.807, 2.05) is 10.8 Å². The maximum atomic E-state index is 12.1. The Bertz CT molecular complexity index is 744. The number of hydrogen-bond acceptors (Lipinski definition) is 5. The van der Waals surface area contributed by atoms with Crippen LogP contribution in [0.1, 0.15) is 5.56 Å². The lowest BCUT2D eigenvalue weighted by Crippen LogP contribution is -2.31. The van der Waals surface area contributed by atoms with Gasteiger partial charge in [0, 0.05) is 6.07 Å². The summed E-state index contributed by atoms with van der Waals surface area (Å²) in [5, 5.41) is 0. The molecule has 22 heavy (non-hydrogen) atoms. The van der Waals surface area contributed by atoms with Gasteiger partial charge in [-0.25, -0.2) is 17.9 Å². The topological polar surface area (TPSA) is 81.7 Å². The zero-order valence-electron chi connectivity index (χ0n) is 11.9. The minimum absolute atomic E-state index is 0.0136. The molecule has 0 unspecified atom stereocenters. The minimum atomic E-state index is -4.00. The molecule has 1 amide bonds. The molecule has 0 fully saturated rings. The second-order valence-corrected chi connectivity index (χ2v) is 6.03. The monoisotopic (exact) mass is 321 g/mol. The summed E-state index contributed by atoms with van der Waals surface area (Å²) in [7, 11) is -2.58. The number of sulfonamides is 1. The molecular formula is C15H15NO5S. The van der Waals surface area contributed by atoms with Gasteiger partial charge in [0.25, 0.3) is 10.0 Å². The molecule has 0 aliphatic carbocycles. The highest BCUT2D eigenvalue weighted by atomic mass is 32.2. The first-order chi connectivity index (χ1) is 10.5. The maximum Gasteiger partial charge on any atom is 0.421 e. The summed E-state index contributed by atoms with van der Waals surface area (Å²) in [4.78, 5) is 11.5. The Morgan fingerprint density at radius 3 is 2.50 bits per heavy atom. The minimum Gasteiger partial charge on any atom is -0.497 e. The van der Waals surface area contributed by atoms with Gasteiger partial charge in [-0.15, -0.1) is 0 Å². The molecule has 0 radical (unpaired) electrons. The molecule has 2 aromatic rings. The van der Waals surface area contributed by atoms with Crippen molar-refractivity contribution in [2.75, 3.05) is 7.11 Å². The Hall–Kier alpha value is -2.54. The highest BCUT2D eigenvalue weighted by molar-refractivity contribution is 7.90. The lowest BCUT2D eigenvalue weighted by atomic mass is 10.2. The van der Waals surface area contributed by atoms with Crippen molar-refractivity contribution in [3.8, 4) is 5.75 Å². The van der Waals surface area contributed by atoms with Crippen LogP contribution in [0.15, 0.2) is 59.5 Å². The predicted octanol–water partition coefficient (Wildman–Crippen LogP) is 2.31. The molecule has 0 aliphatic rings. The highest BCUT2D eigenvalue weighted by Gasteiger charge is 2.19. The van der Waals surface area contributed by atoms with Crippen molar-refractivity contribution in [1.29, 1.82) is 0 Å². The normalized spacial score (nSPS) is 10.8. The van der Waals surface area contributed by atoms with Gasteiger partial charge in [-0.1, -0.05) is 36.4 Å². The van der Waals surface area contributed by atoms with E-state index in [0.29, 0.717) is 5.75 Å². The Morgan fingerprint density at radius 1 is 1.09 bits per heavy atom. The number of methoxy groups -OCH3 is 1. The SMILES string of the molecule is COc1cccc(S(=O)(=O)NC(=O)OCc2ccccc2)c1. The van der Waals surface area contributed by atoms with E-state index in [1.54, 1.807) is 30.3 Å². The summed E-state index contributed by atoms with van der Waals surface area (Å²) in [5.41, 5.74) is 0.761. The average Bonchev–Trinajstić information content (AvgIpc) is 2.53. The van der Waals surface area contributed by atoms with E-state index in [2.05, 4.69) is 0 Å². The predicted molar refractivity (Wildman–Crippen MR) is 79.9 cm³/mol. The van der Waals surface area contributed by atoms with Gasteiger partial charge < -0.3 is 9.47 Å². The lowest BCUT2D eigenvalue weighted by molar-refractivity contribution is 0.146. The molecule has 0 aromatic heterocycles. The van der Waals surface area contributed by atoms with Crippen molar-refractivity contribution in [3.05, 3.63) is 60.2 Å². The van der Waals surface area contributed by atoms with Gasteiger partial charge in [-0.3, -0.25) is 0 Å². The van der Waals surface area contributed by atoms with Crippen LogP contribution in [0.2, 0.25) is 0 Å². The molecule has 0 saturated heterocycles. The fraction of sp³-hybridized carbons (Fsp3) is 0.133. The van der Waals surface area contributed by atoms with Crippen molar-refractivity contribution >= 4 is 16.1 Å². The molecule has 0 bridgehead atoms. The van der Waals surface area contributed by atoms with Crippen LogP contribution >= 0.6 is 0 Å². The number of carbonyl (C=O) groups is 1. The van der Waals surface area contributed by atoms with Gasteiger partial charge in [-0.2, -0.15) is 0 Å². The molecule has 0 aliphatic heterocycles. The molecule has 2 rings (SSSR count). The molecule has 2 aromatic carbocycles. The van der Waals surface area contributed by atoms with Crippen LogP contribution in [0, 0.1) is 0 Å². The van der Waals surface area contributed by atoms with Gasteiger partial charge in [-0.05, 0) is 17.7 Å². The standard InChI is InChI=1S/C15H15NO5S/c1-20-13-8-5-9-14(10-13)22(18,19)16-15(17)21-11-12-6-3-2-4-7-12/h2-10H,11H2,1H3,(H,16,17). The van der Waals surface area contributed by atoms with Crippen molar-refractivity contribution in [1.82, 2.24) is 4.72 Å². The zero-order chi connectivity index (χ0) is 16.0. The van der Waals surface area contributed by atoms with E-state index in [0.717, 1.165) is 5.56 Å². The van der Waals surface area contributed by atoms with E-state index in [1.165, 1.54) is 25.3 Å². The number of hydrogen-bond donors (Lipinski definition) is 1. The third-order valence-corrected chi connectivity index (χ3v) is 4.09. The molecule has 6 nitrogen and oxygen atoms in total. The molecule has 0 heterocycles. The van der Waals surface area contributed by atoms with Crippen molar-refractivity contribution in [2.24, 2.45) is 0 Å². The highest BCUT2D eigenvalue weighted by Crippen LogP contribution is 2.16. The number of carbonyl (C=O) groups excluding carboxylic acids is 1. The van der Waals surface area contributed by atoms with Crippen LogP contribution in [-0.4, -0.2) is 21.6 Å². The molecule has 0 saturated carbocycles. The molecule has 0 atom stereocenters. The molecule has 7 heteroatoms. The number of amides is 1. The summed E-state index contributed by atoms with van der Waals surface area (Å²) in [6.07, 6.45) is -1.04. The van der Waals surface area contributed by atoms with E-state index in [4.69, 9.17) is 9.47 Å². The van der Waals surface area contributed by atoms with Crippen molar-refractivity contribution < 1.29 is 22.7 Å². The fourth-order valence-electron chi connectivity index (χ4n) is 1.69. The number of benzene rings is 2. The summed E-state index contributed by atoms with van der Waals surface area (Å²) < 4.78 is 35.8. The van der Waals surface area contributed by atoms with Crippen LogP contribution < -0.4 is 9.46 Å². The number of ether oxygens (including phenoxy) is 2. The summed E-state index contributed by atoms with van der Waals surface area (Å²) in [6, 6.07) is 14.7. The second kappa shape index (κ2) is 6.95. The van der Waals surface area contributed by atoms with Crippen LogP contribution in [0.25, 0.3) is 0 Å². The Labute approximate surface area is 128 Å². The molecule has 116 valence electrons. The van der Waals surface area contributed by atoms with Gasteiger partial charge >= 0.3 is 6.09 Å². The smallest absolute Gasteiger partial charge is 0.421 e. The van der Waals surface area contributed by atoms with Gasteiger partial charge in [0.1, 0.15) is 12.4 Å². The van der Waals surface area contributed by atoms with E-state index >= 15 is 0 Å². The maximum absolute atomic E-state index is 12.1. The summed E-state index contributed by atoms with van der Waals surface area (Å²) in [5.74, 6) is 0.375. The number of rotatable bonds is 5. The second-order valence-electron chi connectivity index (χ2n) is 4.35. The Balaban J connectivity index is 2.00. The van der Waals surface area contributed by atoms with Crippen molar-refractivity contribution in [3.63, 3.8) is 0 Å². The first kappa shape index (κ1) is 15.8. The average molecular weight is 321 g/mol. The van der Waals surface area contributed by atoms with Crippen LogP contribution in [0.4, 0.5) is 4.79 Å². The van der Waals surface area contributed by atoms with E-state index < -0.39 is 16.1 Å². The zero-order valence-corrected chi connectivity index (χ0v) is 12.7. The van der Waals surface area contributed by atoms with E-state index in [-0.39, 0.29) is 11.5 Å². The molecular weight excluding hydrogens is 306 g/mol. The van der Waals surface area contributed by atoms with E-state index in [9.17, 15) is 13.2 Å². The van der Waals surface area contributed by atoms with Gasteiger partial charge in [0.15, 0.2) is 0 Å². The Morgan fingerprint density at radius 2 is 1.82 bits per heavy atom. The third-order valence-electron chi connectivity index (χ3n) is 2.78. The Kier molecular flexibility index (Phi) is 5.00. The largest absolute Gasteiger partial charge is 0.497 e. The first-order valence-corrected chi connectivity index (χ1v) is 7.87. The molecule has 1 N–H and O–H groups in total.